The van der Waals surface area contributed by atoms with Gasteiger partial charge in [-0.25, -0.2) is 0 Å². The quantitative estimate of drug-likeness (QED) is 0.354. The van der Waals surface area contributed by atoms with Gasteiger partial charge in [0.2, 0.25) is 0 Å². The number of rotatable bonds is 2. The Hall–Kier alpha value is -0.570. The number of carbonyl (C=O) groups is 2. The molecule has 11 heavy (non-hydrogen) atoms. The van der Waals surface area contributed by atoms with Crippen LogP contribution < -0.4 is 0 Å². The Bertz CT molecular complexity index is 202. The van der Waals surface area contributed by atoms with Crippen molar-refractivity contribution >= 4 is 23.4 Å². The lowest BCUT2D eigenvalue weighted by atomic mass is 9.85. The highest BCUT2D eigenvalue weighted by Crippen LogP contribution is 2.30. The Kier molecular flexibility index (Phi) is 2.18. The Morgan fingerprint density at radius 1 is 1.82 bits per heavy atom. The minimum absolute atomic E-state index is 0.119. The minimum atomic E-state index is -0.970. The van der Waals surface area contributed by atoms with Gasteiger partial charge in [0.05, 0.1) is 12.5 Å². The van der Waals surface area contributed by atoms with Crippen molar-refractivity contribution in [1.29, 1.82) is 0 Å². The molecule has 0 aromatic rings. The van der Waals surface area contributed by atoms with E-state index >= 15 is 0 Å². The highest BCUT2D eigenvalue weighted by molar-refractivity contribution is 6.30. The van der Waals surface area contributed by atoms with Crippen molar-refractivity contribution in [3.05, 3.63) is 0 Å². The Morgan fingerprint density at radius 3 is 2.82 bits per heavy atom. The summed E-state index contributed by atoms with van der Waals surface area (Å²) in [6, 6.07) is 0. The van der Waals surface area contributed by atoms with Gasteiger partial charge >= 0.3 is 5.97 Å². The summed E-state index contributed by atoms with van der Waals surface area (Å²) in [7, 11) is 0. The Labute approximate surface area is 69.7 Å². The molecule has 0 amide bonds. The van der Waals surface area contributed by atoms with Crippen LogP contribution in [0.1, 0.15) is 13.3 Å². The molecule has 1 aliphatic rings. The number of hydrogen-bond donors (Lipinski definition) is 0. The Balaban J connectivity index is 2.80. The molecule has 1 aliphatic heterocycles. The number of hydrogen-bond acceptors (Lipinski definition) is 3. The normalized spacial score (nSPS) is 30.2. The van der Waals surface area contributed by atoms with Crippen molar-refractivity contribution in [1.82, 2.24) is 0 Å². The maximum absolute atomic E-state index is 11.1. The number of Topliss-reactive ketones (excluding diaryl/α,β-unsaturated/α-hetero) is 1. The van der Waals surface area contributed by atoms with Crippen molar-refractivity contribution in [2.24, 2.45) is 5.41 Å². The van der Waals surface area contributed by atoms with Gasteiger partial charge in [0.1, 0.15) is 5.41 Å². The van der Waals surface area contributed by atoms with Crippen LogP contribution in [0.4, 0.5) is 0 Å². The first kappa shape index (κ1) is 8.53. The Morgan fingerprint density at radius 2 is 2.45 bits per heavy atom. The van der Waals surface area contributed by atoms with E-state index in [4.69, 9.17) is 11.6 Å². The third-order valence-electron chi connectivity index (χ3n) is 2.02. The first-order chi connectivity index (χ1) is 5.11. The second kappa shape index (κ2) is 2.81. The molecular formula is C7H9ClO3. The van der Waals surface area contributed by atoms with Gasteiger partial charge in [-0.05, 0) is 6.92 Å². The predicted octanol–water partition coefficient (Wildman–Crippen LogP) is 0.748. The minimum Gasteiger partial charge on any atom is -0.465 e. The molecule has 3 nitrogen and oxygen atoms in total. The van der Waals surface area contributed by atoms with E-state index < -0.39 is 11.4 Å². The van der Waals surface area contributed by atoms with Crippen LogP contribution in [0.15, 0.2) is 0 Å². The van der Waals surface area contributed by atoms with Gasteiger partial charge in [-0.15, -0.1) is 11.6 Å². The molecule has 1 rings (SSSR count). The summed E-state index contributed by atoms with van der Waals surface area (Å²) in [5, 5.41) is 0. The molecule has 0 aromatic heterocycles. The molecule has 0 spiro atoms. The zero-order chi connectivity index (χ0) is 8.48. The molecule has 0 bridgehead atoms. The highest BCUT2D eigenvalue weighted by Gasteiger charge is 2.45. The van der Waals surface area contributed by atoms with Gasteiger partial charge in [0, 0.05) is 6.42 Å². The number of cyclic esters (lactones) is 1. The van der Waals surface area contributed by atoms with E-state index in [1.165, 1.54) is 0 Å². The fourth-order valence-electron chi connectivity index (χ4n) is 1.01. The predicted molar refractivity (Wildman–Crippen MR) is 39.4 cm³/mol. The van der Waals surface area contributed by atoms with Crippen LogP contribution in [0.25, 0.3) is 0 Å². The molecule has 0 aromatic carbocycles. The third kappa shape index (κ3) is 1.25. The van der Waals surface area contributed by atoms with E-state index in [0.717, 1.165) is 0 Å². The summed E-state index contributed by atoms with van der Waals surface area (Å²) in [4.78, 5) is 22.1. The zero-order valence-corrected chi connectivity index (χ0v) is 6.98. The molecule has 0 aliphatic carbocycles. The van der Waals surface area contributed by atoms with Crippen molar-refractivity contribution in [2.75, 3.05) is 12.5 Å². The van der Waals surface area contributed by atoms with Crippen LogP contribution in [-0.4, -0.2) is 24.2 Å². The van der Waals surface area contributed by atoms with Crippen molar-refractivity contribution in [3.8, 4) is 0 Å². The molecule has 1 heterocycles. The SMILES string of the molecule is C[C@@]1(C(=O)CCl)CCOC1=O. The summed E-state index contributed by atoms with van der Waals surface area (Å²) in [6.07, 6.45) is 0.456. The number of alkyl halides is 1. The summed E-state index contributed by atoms with van der Waals surface area (Å²) in [5.41, 5.74) is -0.970. The van der Waals surface area contributed by atoms with E-state index in [-0.39, 0.29) is 11.7 Å². The van der Waals surface area contributed by atoms with Crippen LogP contribution >= 0.6 is 11.6 Å². The largest absolute Gasteiger partial charge is 0.465 e. The van der Waals surface area contributed by atoms with E-state index in [0.29, 0.717) is 13.0 Å². The second-order valence-electron chi connectivity index (χ2n) is 2.77. The van der Waals surface area contributed by atoms with Crippen LogP contribution in [0.5, 0.6) is 0 Å². The topological polar surface area (TPSA) is 43.4 Å². The lowest BCUT2D eigenvalue weighted by molar-refractivity contribution is -0.149. The van der Waals surface area contributed by atoms with E-state index in [1.807, 2.05) is 0 Å². The number of ketones is 1. The van der Waals surface area contributed by atoms with Crippen LogP contribution in [-0.2, 0) is 14.3 Å². The first-order valence-corrected chi connectivity index (χ1v) is 3.91. The average Bonchev–Trinajstić information content (AvgIpc) is 2.32. The molecule has 0 N–H and O–H groups in total. The monoisotopic (exact) mass is 176 g/mol. The van der Waals surface area contributed by atoms with Crippen molar-refractivity contribution in [3.63, 3.8) is 0 Å². The summed E-state index contributed by atoms with van der Waals surface area (Å²) >= 11 is 5.33. The van der Waals surface area contributed by atoms with Crippen LogP contribution in [0.3, 0.4) is 0 Å². The molecular weight excluding hydrogens is 168 g/mol. The van der Waals surface area contributed by atoms with Gasteiger partial charge in [-0.1, -0.05) is 0 Å². The molecule has 1 atom stereocenters. The van der Waals surface area contributed by atoms with Gasteiger partial charge in [0.25, 0.3) is 0 Å². The third-order valence-corrected chi connectivity index (χ3v) is 2.27. The van der Waals surface area contributed by atoms with Gasteiger partial charge in [0.15, 0.2) is 5.78 Å². The van der Waals surface area contributed by atoms with E-state index in [2.05, 4.69) is 4.74 Å². The smallest absolute Gasteiger partial charge is 0.319 e. The average molecular weight is 177 g/mol. The number of esters is 1. The zero-order valence-electron chi connectivity index (χ0n) is 6.22. The standard InChI is InChI=1S/C7H9ClO3/c1-7(5(9)4-8)2-3-11-6(7)10/h2-4H2,1H3/t7-/m0/s1. The molecule has 1 saturated heterocycles. The lowest BCUT2D eigenvalue weighted by Crippen LogP contribution is -2.33. The number of halogens is 1. The fraction of sp³-hybridized carbons (Fsp3) is 0.714. The van der Waals surface area contributed by atoms with E-state index in [1.54, 1.807) is 6.92 Å². The van der Waals surface area contributed by atoms with Gasteiger partial charge < -0.3 is 4.74 Å². The molecule has 0 saturated carbocycles. The molecule has 0 radical (unpaired) electrons. The fourth-order valence-corrected chi connectivity index (χ4v) is 1.30. The number of carbonyl (C=O) groups excluding carboxylic acids is 2. The van der Waals surface area contributed by atoms with Crippen LogP contribution in [0.2, 0.25) is 0 Å². The highest BCUT2D eigenvalue weighted by atomic mass is 35.5. The van der Waals surface area contributed by atoms with E-state index in [9.17, 15) is 9.59 Å². The van der Waals surface area contributed by atoms with Gasteiger partial charge in [-0.3, -0.25) is 9.59 Å². The van der Waals surface area contributed by atoms with Gasteiger partial charge in [-0.2, -0.15) is 0 Å². The number of ether oxygens (including phenoxy) is 1. The second-order valence-corrected chi connectivity index (χ2v) is 3.04. The summed E-state index contributed by atoms with van der Waals surface area (Å²) < 4.78 is 4.67. The summed E-state index contributed by atoms with van der Waals surface area (Å²) in [5.74, 6) is -0.809. The maximum Gasteiger partial charge on any atom is 0.319 e. The maximum atomic E-state index is 11.1. The van der Waals surface area contributed by atoms with Crippen LogP contribution in [0, 0.1) is 5.41 Å². The van der Waals surface area contributed by atoms with Crippen molar-refractivity contribution in [2.45, 2.75) is 13.3 Å². The lowest BCUT2D eigenvalue weighted by Gasteiger charge is -2.14. The van der Waals surface area contributed by atoms with Crippen molar-refractivity contribution < 1.29 is 14.3 Å². The molecule has 62 valence electrons. The molecule has 4 heteroatoms. The summed E-state index contributed by atoms with van der Waals surface area (Å²) in [6.45, 7) is 1.91. The molecule has 0 unspecified atom stereocenters. The first-order valence-electron chi connectivity index (χ1n) is 3.38. The molecule has 1 fully saturated rings.